The fraction of sp³-hybridized carbons (Fsp3) is 0.100. The van der Waals surface area contributed by atoms with E-state index >= 15 is 0 Å². The molecule has 0 saturated heterocycles. The first-order valence-electron chi connectivity index (χ1n) is 4.43. The van der Waals surface area contributed by atoms with Gasteiger partial charge in [-0.25, -0.2) is 4.98 Å². The molecule has 0 saturated carbocycles. The van der Waals surface area contributed by atoms with Gasteiger partial charge in [-0.3, -0.25) is 0 Å². The van der Waals surface area contributed by atoms with Crippen LogP contribution in [0.2, 0.25) is 14.4 Å². The highest BCUT2D eigenvalue weighted by molar-refractivity contribution is 7.15. The van der Waals surface area contributed by atoms with Crippen molar-refractivity contribution < 1.29 is 0 Å². The average molecular weight is 294 g/mol. The van der Waals surface area contributed by atoms with Gasteiger partial charge >= 0.3 is 0 Å². The number of anilines is 1. The molecule has 0 fully saturated rings. The molecule has 1 aromatic heterocycles. The normalized spacial score (nSPS) is 10.4. The molecule has 16 heavy (non-hydrogen) atoms. The molecule has 6 heteroatoms. The second-order valence-corrected chi connectivity index (χ2v) is 5.69. The number of aromatic nitrogens is 1. The Kier molecular flexibility index (Phi) is 3.92. The van der Waals surface area contributed by atoms with Crippen LogP contribution in [0.15, 0.2) is 24.4 Å². The van der Waals surface area contributed by atoms with Crippen LogP contribution in [0.5, 0.6) is 0 Å². The van der Waals surface area contributed by atoms with Crippen molar-refractivity contribution in [1.82, 2.24) is 4.98 Å². The lowest BCUT2D eigenvalue weighted by molar-refractivity contribution is 1.10. The molecular formula is C10H7Cl3N2S. The molecule has 1 heterocycles. The average Bonchev–Trinajstić information content (AvgIpc) is 2.60. The van der Waals surface area contributed by atoms with Gasteiger partial charge in [0.2, 0.25) is 0 Å². The summed E-state index contributed by atoms with van der Waals surface area (Å²) in [5, 5.41) is 5.30. The number of hydrogen-bond donors (Lipinski definition) is 1. The maximum atomic E-state index is 5.88. The molecule has 0 spiro atoms. The Hall–Kier alpha value is -0.480. The summed E-state index contributed by atoms with van der Waals surface area (Å²) in [6.07, 6.45) is 1.63. The first-order chi connectivity index (χ1) is 7.63. The molecule has 0 unspecified atom stereocenters. The van der Waals surface area contributed by atoms with Gasteiger partial charge in [-0.15, -0.1) is 11.3 Å². The van der Waals surface area contributed by atoms with E-state index in [1.165, 1.54) is 11.3 Å². The maximum Gasteiger partial charge on any atom is 0.113 e. The molecule has 0 amide bonds. The van der Waals surface area contributed by atoms with Crippen LogP contribution in [-0.4, -0.2) is 4.98 Å². The first-order valence-corrected chi connectivity index (χ1v) is 6.39. The molecule has 0 aliphatic heterocycles. The number of rotatable bonds is 3. The number of thiazole rings is 1. The highest BCUT2D eigenvalue weighted by Crippen LogP contribution is 2.24. The number of halogens is 3. The van der Waals surface area contributed by atoms with E-state index < -0.39 is 0 Å². The van der Waals surface area contributed by atoms with Gasteiger partial charge in [0.25, 0.3) is 0 Å². The third-order valence-corrected chi connectivity index (χ3v) is 3.38. The molecule has 0 aliphatic carbocycles. The maximum absolute atomic E-state index is 5.88. The van der Waals surface area contributed by atoms with Crippen molar-refractivity contribution in [3.8, 4) is 0 Å². The van der Waals surface area contributed by atoms with Crippen molar-refractivity contribution in [2.24, 2.45) is 0 Å². The fourth-order valence-corrected chi connectivity index (χ4v) is 2.63. The minimum atomic E-state index is 0.604. The van der Waals surface area contributed by atoms with E-state index in [-0.39, 0.29) is 0 Å². The van der Waals surface area contributed by atoms with Gasteiger partial charge in [-0.2, -0.15) is 0 Å². The van der Waals surface area contributed by atoms with Crippen molar-refractivity contribution in [2.75, 3.05) is 5.32 Å². The lowest BCUT2D eigenvalue weighted by Crippen LogP contribution is -1.98. The third kappa shape index (κ3) is 3.25. The lowest BCUT2D eigenvalue weighted by Gasteiger charge is -2.05. The Balaban J connectivity index is 2.04. The molecule has 0 aliphatic rings. The van der Waals surface area contributed by atoms with Gasteiger partial charge in [-0.1, -0.05) is 34.8 Å². The van der Waals surface area contributed by atoms with Crippen molar-refractivity contribution in [1.29, 1.82) is 0 Å². The summed E-state index contributed by atoms with van der Waals surface area (Å²) in [7, 11) is 0. The Morgan fingerprint density at radius 2 is 1.81 bits per heavy atom. The first kappa shape index (κ1) is 12.0. The van der Waals surface area contributed by atoms with Crippen LogP contribution in [0.25, 0.3) is 0 Å². The van der Waals surface area contributed by atoms with Crippen LogP contribution in [0.1, 0.15) is 5.01 Å². The lowest BCUT2D eigenvalue weighted by atomic mass is 10.3. The van der Waals surface area contributed by atoms with Crippen LogP contribution in [0, 0.1) is 0 Å². The molecule has 0 atom stereocenters. The Morgan fingerprint density at radius 3 is 2.38 bits per heavy atom. The summed E-state index contributed by atoms with van der Waals surface area (Å²) < 4.78 is 0.681. The SMILES string of the molecule is Clc1cc(Cl)cc(NCc2ncc(Cl)s2)c1. The van der Waals surface area contributed by atoms with E-state index in [0.717, 1.165) is 10.7 Å². The molecule has 2 rings (SSSR count). The summed E-state index contributed by atoms with van der Waals surface area (Å²) in [4.78, 5) is 4.13. The van der Waals surface area contributed by atoms with Gasteiger partial charge in [0.1, 0.15) is 9.34 Å². The molecule has 0 bridgehead atoms. The number of benzene rings is 1. The Morgan fingerprint density at radius 1 is 1.12 bits per heavy atom. The minimum absolute atomic E-state index is 0.604. The second-order valence-electron chi connectivity index (χ2n) is 3.07. The van der Waals surface area contributed by atoms with Gasteiger partial charge < -0.3 is 5.32 Å². The Bertz CT molecular complexity index is 478. The zero-order valence-electron chi connectivity index (χ0n) is 8.01. The summed E-state index contributed by atoms with van der Waals surface area (Å²) in [6, 6.07) is 5.31. The largest absolute Gasteiger partial charge is 0.378 e. The molecule has 1 aromatic carbocycles. The van der Waals surface area contributed by atoms with E-state index in [9.17, 15) is 0 Å². The highest BCUT2D eigenvalue weighted by atomic mass is 35.5. The monoisotopic (exact) mass is 292 g/mol. The summed E-state index contributed by atoms with van der Waals surface area (Å²) in [6.45, 7) is 0.605. The molecule has 0 radical (unpaired) electrons. The molecule has 1 N–H and O–H groups in total. The number of hydrogen-bond acceptors (Lipinski definition) is 3. The van der Waals surface area contributed by atoms with E-state index in [0.29, 0.717) is 20.9 Å². The Labute approximate surface area is 112 Å². The van der Waals surface area contributed by atoms with Crippen molar-refractivity contribution >= 4 is 51.8 Å². The van der Waals surface area contributed by atoms with Crippen LogP contribution >= 0.6 is 46.1 Å². The van der Waals surface area contributed by atoms with Crippen molar-refractivity contribution in [2.45, 2.75) is 6.54 Å². The van der Waals surface area contributed by atoms with Gasteiger partial charge in [0, 0.05) is 15.7 Å². The molecular weight excluding hydrogens is 287 g/mol. The quantitative estimate of drug-likeness (QED) is 0.886. The van der Waals surface area contributed by atoms with E-state index in [1.807, 2.05) is 12.1 Å². The van der Waals surface area contributed by atoms with Gasteiger partial charge in [-0.05, 0) is 18.2 Å². The zero-order chi connectivity index (χ0) is 11.5. The topological polar surface area (TPSA) is 24.9 Å². The second kappa shape index (κ2) is 5.23. The summed E-state index contributed by atoms with van der Waals surface area (Å²) in [5.41, 5.74) is 0.865. The zero-order valence-corrected chi connectivity index (χ0v) is 11.1. The van der Waals surface area contributed by atoms with E-state index in [1.54, 1.807) is 12.3 Å². The van der Waals surface area contributed by atoms with Crippen molar-refractivity contribution in [3.05, 3.63) is 43.8 Å². The predicted molar refractivity (Wildman–Crippen MR) is 70.9 cm³/mol. The smallest absolute Gasteiger partial charge is 0.113 e. The standard InChI is InChI=1S/C10H7Cl3N2S/c11-6-1-7(12)3-8(2-6)14-5-10-15-4-9(13)16-10/h1-4,14H,5H2. The van der Waals surface area contributed by atoms with Crippen LogP contribution in [0.3, 0.4) is 0 Å². The molecule has 2 nitrogen and oxygen atoms in total. The van der Waals surface area contributed by atoms with E-state index in [4.69, 9.17) is 34.8 Å². The summed E-state index contributed by atoms with van der Waals surface area (Å²) >= 11 is 19.0. The fourth-order valence-electron chi connectivity index (χ4n) is 1.20. The molecule has 84 valence electrons. The number of nitrogens with one attached hydrogen (secondary N) is 1. The minimum Gasteiger partial charge on any atom is -0.378 e. The van der Waals surface area contributed by atoms with Crippen LogP contribution < -0.4 is 5.32 Å². The number of nitrogens with zero attached hydrogens (tertiary/aromatic N) is 1. The van der Waals surface area contributed by atoms with Crippen LogP contribution in [0.4, 0.5) is 5.69 Å². The predicted octanol–water partition coefficient (Wildman–Crippen LogP) is 4.72. The van der Waals surface area contributed by atoms with Gasteiger partial charge in [0.05, 0.1) is 12.7 Å². The molecule has 2 aromatic rings. The van der Waals surface area contributed by atoms with E-state index in [2.05, 4.69) is 10.3 Å². The van der Waals surface area contributed by atoms with Gasteiger partial charge in [0.15, 0.2) is 0 Å². The third-order valence-electron chi connectivity index (χ3n) is 1.83. The van der Waals surface area contributed by atoms with Crippen LogP contribution in [-0.2, 0) is 6.54 Å². The summed E-state index contributed by atoms with van der Waals surface area (Å²) in [5.74, 6) is 0. The van der Waals surface area contributed by atoms with Crippen molar-refractivity contribution in [3.63, 3.8) is 0 Å². The highest BCUT2D eigenvalue weighted by Gasteiger charge is 2.01.